The number of ether oxygens (including phenoxy) is 2. The molecule has 0 aliphatic carbocycles. The van der Waals surface area contributed by atoms with E-state index in [0.29, 0.717) is 26.3 Å². The molecule has 0 aromatic rings. The van der Waals surface area contributed by atoms with Crippen molar-refractivity contribution in [3.63, 3.8) is 0 Å². The number of hydrogen-bond acceptors (Lipinski definition) is 6. The van der Waals surface area contributed by atoms with Crippen LogP contribution in [0.25, 0.3) is 0 Å². The molecule has 112 valence electrons. The van der Waals surface area contributed by atoms with Crippen LogP contribution in [0.5, 0.6) is 0 Å². The van der Waals surface area contributed by atoms with Crippen LogP contribution in [-0.4, -0.2) is 79.3 Å². The van der Waals surface area contributed by atoms with Gasteiger partial charge in [0.15, 0.2) is 5.76 Å². The van der Waals surface area contributed by atoms with Crippen molar-refractivity contribution < 1.29 is 24.2 Å². The second-order valence-electron chi connectivity index (χ2n) is 4.73. The molecule has 1 N–H and O–H groups in total. The molecule has 7 heteroatoms. The molecule has 2 heterocycles. The topological polar surface area (TPSA) is 79.3 Å². The molecule has 0 saturated carbocycles. The van der Waals surface area contributed by atoms with Gasteiger partial charge in [-0.15, -0.1) is 0 Å². The summed E-state index contributed by atoms with van der Waals surface area (Å²) in [7, 11) is 0. The van der Waals surface area contributed by atoms with Gasteiger partial charge in [-0.3, -0.25) is 9.69 Å². The van der Waals surface area contributed by atoms with Gasteiger partial charge in [-0.2, -0.15) is 0 Å². The monoisotopic (exact) mass is 284 g/mol. The Kier molecular flexibility index (Phi) is 4.97. The molecule has 7 nitrogen and oxygen atoms in total. The van der Waals surface area contributed by atoms with Gasteiger partial charge >= 0.3 is 5.97 Å². The van der Waals surface area contributed by atoms with Crippen LogP contribution in [0.1, 0.15) is 6.92 Å². The second kappa shape index (κ2) is 6.71. The van der Waals surface area contributed by atoms with Crippen LogP contribution < -0.4 is 0 Å². The molecule has 2 rings (SSSR count). The highest BCUT2D eigenvalue weighted by Gasteiger charge is 2.34. The first-order valence-electron chi connectivity index (χ1n) is 6.82. The highest BCUT2D eigenvalue weighted by Crippen LogP contribution is 2.18. The lowest BCUT2D eigenvalue weighted by molar-refractivity contribution is -0.138. The van der Waals surface area contributed by atoms with E-state index in [1.807, 2.05) is 0 Å². The van der Waals surface area contributed by atoms with Gasteiger partial charge in [-0.05, 0) is 6.92 Å². The molecule has 2 aliphatic rings. The average Bonchev–Trinajstić information content (AvgIpc) is 2.74. The van der Waals surface area contributed by atoms with Crippen LogP contribution in [0, 0.1) is 0 Å². The Morgan fingerprint density at radius 3 is 2.70 bits per heavy atom. The Balaban J connectivity index is 1.86. The molecule has 0 radical (unpaired) electrons. The quantitative estimate of drug-likeness (QED) is 0.688. The number of aliphatic hydroxyl groups is 1. The Bertz CT molecular complexity index is 415. The predicted octanol–water partition coefficient (Wildman–Crippen LogP) is -0.464. The van der Waals surface area contributed by atoms with E-state index in [-0.39, 0.29) is 18.7 Å². The number of morpholine rings is 1. The van der Waals surface area contributed by atoms with Crippen LogP contribution >= 0.6 is 0 Å². The molecule has 1 saturated heterocycles. The molecule has 1 fully saturated rings. The molecule has 1 amide bonds. The molecule has 2 aliphatic heterocycles. The summed E-state index contributed by atoms with van der Waals surface area (Å²) in [6.45, 7) is 6.29. The van der Waals surface area contributed by atoms with E-state index in [1.165, 1.54) is 4.90 Å². The number of rotatable bonds is 5. The summed E-state index contributed by atoms with van der Waals surface area (Å²) in [5.41, 5.74) is 0.0545. The average molecular weight is 284 g/mol. The number of hydrogen-bond donors (Lipinski definition) is 1. The first kappa shape index (κ1) is 14.8. The maximum absolute atomic E-state index is 11.9. The van der Waals surface area contributed by atoms with Crippen molar-refractivity contribution in [2.45, 2.75) is 6.92 Å². The Hall–Kier alpha value is -1.60. The molecular formula is C13H20N2O5. The van der Waals surface area contributed by atoms with E-state index >= 15 is 0 Å². The fourth-order valence-electron chi connectivity index (χ4n) is 2.26. The number of esters is 1. The molecule has 0 atom stereocenters. The molecular weight excluding hydrogens is 264 g/mol. The molecule has 20 heavy (non-hydrogen) atoms. The Labute approximate surface area is 117 Å². The largest absolute Gasteiger partial charge is 0.503 e. The number of aliphatic hydroxyl groups excluding tert-OH is 1. The zero-order chi connectivity index (χ0) is 14.5. The van der Waals surface area contributed by atoms with Gasteiger partial charge in [0.2, 0.25) is 0 Å². The van der Waals surface area contributed by atoms with Gasteiger partial charge in [0, 0.05) is 26.2 Å². The van der Waals surface area contributed by atoms with Crippen LogP contribution in [0.3, 0.4) is 0 Å². The van der Waals surface area contributed by atoms with Crippen LogP contribution in [0.4, 0.5) is 0 Å². The van der Waals surface area contributed by atoms with E-state index in [2.05, 4.69) is 4.90 Å². The number of carbonyl (C=O) groups is 2. The standard InChI is InChI=1S/C13H20N2O5/c1-2-20-13(18)10-9-15(12(17)11(10)16)4-3-14-5-7-19-8-6-14/h16H,2-9H2,1H3. The highest BCUT2D eigenvalue weighted by molar-refractivity contribution is 6.05. The number of amides is 1. The molecule has 0 unspecified atom stereocenters. The van der Waals surface area contributed by atoms with Gasteiger partial charge in [-0.1, -0.05) is 0 Å². The minimum Gasteiger partial charge on any atom is -0.503 e. The highest BCUT2D eigenvalue weighted by atomic mass is 16.5. The summed E-state index contributed by atoms with van der Waals surface area (Å²) in [5.74, 6) is -1.60. The maximum atomic E-state index is 11.9. The SMILES string of the molecule is CCOC(=O)C1=C(O)C(=O)N(CCN2CCOCC2)C1. The summed E-state index contributed by atoms with van der Waals surface area (Å²) < 4.78 is 10.1. The number of nitrogens with zero attached hydrogens (tertiary/aromatic N) is 2. The van der Waals surface area contributed by atoms with Crippen molar-refractivity contribution in [3.05, 3.63) is 11.3 Å². The maximum Gasteiger partial charge on any atom is 0.339 e. The zero-order valence-corrected chi connectivity index (χ0v) is 11.6. The predicted molar refractivity (Wildman–Crippen MR) is 70.1 cm³/mol. The third-order valence-corrected chi connectivity index (χ3v) is 3.44. The Morgan fingerprint density at radius 2 is 2.05 bits per heavy atom. The van der Waals surface area contributed by atoms with Crippen molar-refractivity contribution in [2.75, 3.05) is 52.5 Å². The van der Waals surface area contributed by atoms with Gasteiger partial charge in [0.05, 0.1) is 26.4 Å². The summed E-state index contributed by atoms with van der Waals surface area (Å²) in [6.07, 6.45) is 0. The smallest absolute Gasteiger partial charge is 0.339 e. The van der Waals surface area contributed by atoms with Gasteiger partial charge < -0.3 is 19.5 Å². The Morgan fingerprint density at radius 1 is 1.35 bits per heavy atom. The van der Waals surface area contributed by atoms with Crippen molar-refractivity contribution in [1.29, 1.82) is 0 Å². The normalized spacial score (nSPS) is 20.6. The summed E-state index contributed by atoms with van der Waals surface area (Å²) in [6, 6.07) is 0. The van der Waals surface area contributed by atoms with Crippen molar-refractivity contribution in [2.24, 2.45) is 0 Å². The first-order valence-corrected chi connectivity index (χ1v) is 6.82. The lowest BCUT2D eigenvalue weighted by Crippen LogP contribution is -2.42. The van der Waals surface area contributed by atoms with Crippen molar-refractivity contribution in [1.82, 2.24) is 9.80 Å². The van der Waals surface area contributed by atoms with Crippen LogP contribution in [0.15, 0.2) is 11.3 Å². The summed E-state index contributed by atoms with van der Waals surface area (Å²) in [4.78, 5) is 27.1. The second-order valence-corrected chi connectivity index (χ2v) is 4.73. The first-order chi connectivity index (χ1) is 9.63. The van der Waals surface area contributed by atoms with Gasteiger partial charge in [0.25, 0.3) is 5.91 Å². The number of carbonyl (C=O) groups excluding carboxylic acids is 2. The van der Waals surface area contributed by atoms with E-state index in [0.717, 1.165) is 13.1 Å². The fraction of sp³-hybridized carbons (Fsp3) is 0.692. The minimum atomic E-state index is -0.618. The lowest BCUT2D eigenvalue weighted by atomic mass is 10.2. The molecule has 0 spiro atoms. The molecule has 0 aromatic carbocycles. The summed E-state index contributed by atoms with van der Waals surface area (Å²) >= 11 is 0. The van der Waals surface area contributed by atoms with E-state index in [1.54, 1.807) is 6.92 Å². The van der Waals surface area contributed by atoms with Crippen LogP contribution in [0.2, 0.25) is 0 Å². The van der Waals surface area contributed by atoms with E-state index in [9.17, 15) is 14.7 Å². The van der Waals surface area contributed by atoms with Crippen molar-refractivity contribution in [3.8, 4) is 0 Å². The fourth-order valence-corrected chi connectivity index (χ4v) is 2.26. The minimum absolute atomic E-state index is 0.0545. The van der Waals surface area contributed by atoms with E-state index < -0.39 is 17.6 Å². The summed E-state index contributed by atoms with van der Waals surface area (Å²) in [5, 5.41) is 9.72. The zero-order valence-electron chi connectivity index (χ0n) is 11.6. The van der Waals surface area contributed by atoms with Gasteiger partial charge in [0.1, 0.15) is 5.57 Å². The van der Waals surface area contributed by atoms with Gasteiger partial charge in [-0.25, -0.2) is 4.79 Å². The lowest BCUT2D eigenvalue weighted by Gasteiger charge is -2.28. The third kappa shape index (κ3) is 3.29. The third-order valence-electron chi connectivity index (χ3n) is 3.44. The van der Waals surface area contributed by atoms with E-state index in [4.69, 9.17) is 9.47 Å². The molecule has 0 bridgehead atoms. The molecule has 0 aromatic heterocycles. The van der Waals surface area contributed by atoms with Crippen LogP contribution in [-0.2, 0) is 19.1 Å². The van der Waals surface area contributed by atoms with Crippen molar-refractivity contribution >= 4 is 11.9 Å².